The fourth-order valence-corrected chi connectivity index (χ4v) is 3.44. The van der Waals surface area contributed by atoms with Gasteiger partial charge in [-0.1, -0.05) is 18.7 Å². The molecule has 118 valence electrons. The van der Waals surface area contributed by atoms with Crippen LogP contribution in [0.2, 0.25) is 0 Å². The largest absolute Gasteiger partial charge is 0.312 e. The Labute approximate surface area is 136 Å². The van der Waals surface area contributed by atoms with Crippen LogP contribution in [0.5, 0.6) is 0 Å². The van der Waals surface area contributed by atoms with Crippen molar-refractivity contribution in [1.82, 2.24) is 25.6 Å². The van der Waals surface area contributed by atoms with Crippen LogP contribution in [0.3, 0.4) is 0 Å². The number of carbonyl (C=O) groups is 2. The number of hydrogen-bond acceptors (Lipinski definition) is 6. The quantitative estimate of drug-likeness (QED) is 0.633. The highest BCUT2D eigenvalue weighted by atomic mass is 32.2. The van der Waals surface area contributed by atoms with Crippen LogP contribution in [0.1, 0.15) is 27.0 Å². The van der Waals surface area contributed by atoms with Crippen molar-refractivity contribution in [2.24, 2.45) is 7.05 Å². The molecule has 0 aliphatic heterocycles. The number of aryl methyl sites for hydroxylation is 3. The third-order valence-electron chi connectivity index (χ3n) is 2.88. The molecule has 2 amide bonds. The van der Waals surface area contributed by atoms with Gasteiger partial charge in [0.25, 0.3) is 5.91 Å². The van der Waals surface area contributed by atoms with Gasteiger partial charge in [0.1, 0.15) is 6.33 Å². The van der Waals surface area contributed by atoms with E-state index in [0.717, 1.165) is 12.0 Å². The Morgan fingerprint density at radius 3 is 2.77 bits per heavy atom. The number of hydrogen-bond donors (Lipinski definition) is 2. The molecular weight excluding hydrogens is 322 g/mol. The highest BCUT2D eigenvalue weighted by Crippen LogP contribution is 2.22. The zero-order valence-corrected chi connectivity index (χ0v) is 14.2. The molecule has 22 heavy (non-hydrogen) atoms. The van der Waals surface area contributed by atoms with Gasteiger partial charge in [-0.25, -0.2) is 0 Å². The zero-order valence-electron chi connectivity index (χ0n) is 12.5. The number of nitrogens with zero attached hydrogens (tertiary/aromatic N) is 3. The maximum absolute atomic E-state index is 12.0. The molecule has 0 bridgehead atoms. The maximum atomic E-state index is 12.0. The molecule has 2 rings (SSSR count). The average molecular weight is 339 g/mol. The minimum Gasteiger partial charge on any atom is -0.312 e. The first-order valence-electron chi connectivity index (χ1n) is 6.66. The van der Waals surface area contributed by atoms with E-state index in [1.807, 2.05) is 19.9 Å². The molecule has 0 aliphatic carbocycles. The average Bonchev–Trinajstić information content (AvgIpc) is 3.08. The van der Waals surface area contributed by atoms with Crippen molar-refractivity contribution in [3.05, 3.63) is 27.7 Å². The molecule has 2 aromatic heterocycles. The second-order valence-corrected chi connectivity index (χ2v) is 6.67. The lowest BCUT2D eigenvalue weighted by Crippen LogP contribution is -2.42. The van der Waals surface area contributed by atoms with Gasteiger partial charge in [-0.05, 0) is 25.0 Å². The van der Waals surface area contributed by atoms with Gasteiger partial charge in [0.2, 0.25) is 5.91 Å². The van der Waals surface area contributed by atoms with Gasteiger partial charge >= 0.3 is 0 Å². The van der Waals surface area contributed by atoms with Gasteiger partial charge in [-0.2, -0.15) is 0 Å². The molecule has 0 fully saturated rings. The number of aromatic nitrogens is 3. The number of carbonyl (C=O) groups excluding carboxylic acids is 2. The van der Waals surface area contributed by atoms with E-state index in [2.05, 4.69) is 21.0 Å². The molecule has 2 heterocycles. The molecule has 0 aromatic carbocycles. The van der Waals surface area contributed by atoms with E-state index < -0.39 is 0 Å². The number of hydrazine groups is 1. The fraction of sp³-hybridized carbons (Fsp3) is 0.385. The van der Waals surface area contributed by atoms with E-state index in [9.17, 15) is 9.59 Å². The Kier molecular flexibility index (Phi) is 5.56. The Bertz CT molecular complexity index is 680. The smallest absolute Gasteiger partial charge is 0.279 e. The van der Waals surface area contributed by atoms with Gasteiger partial charge < -0.3 is 4.57 Å². The van der Waals surface area contributed by atoms with E-state index >= 15 is 0 Å². The van der Waals surface area contributed by atoms with Crippen molar-refractivity contribution >= 4 is 34.9 Å². The summed E-state index contributed by atoms with van der Waals surface area (Å²) in [6.45, 7) is 4.02. The molecule has 7 nitrogen and oxygen atoms in total. The Morgan fingerprint density at radius 1 is 1.41 bits per heavy atom. The topological polar surface area (TPSA) is 88.9 Å². The first-order chi connectivity index (χ1) is 10.5. The second-order valence-electron chi connectivity index (χ2n) is 4.59. The maximum Gasteiger partial charge on any atom is 0.279 e. The summed E-state index contributed by atoms with van der Waals surface area (Å²) in [4.78, 5) is 25.5. The first kappa shape index (κ1) is 16.5. The third-order valence-corrected chi connectivity index (χ3v) is 5.30. The molecule has 0 radical (unpaired) electrons. The molecule has 0 saturated heterocycles. The Balaban J connectivity index is 1.80. The van der Waals surface area contributed by atoms with Crippen molar-refractivity contribution in [1.29, 1.82) is 0 Å². The van der Waals surface area contributed by atoms with Crippen molar-refractivity contribution in [2.45, 2.75) is 25.4 Å². The Morgan fingerprint density at radius 2 is 2.18 bits per heavy atom. The highest BCUT2D eigenvalue weighted by Gasteiger charge is 2.13. The van der Waals surface area contributed by atoms with Crippen LogP contribution in [0.15, 0.2) is 17.6 Å². The van der Waals surface area contributed by atoms with Crippen molar-refractivity contribution in [3.63, 3.8) is 0 Å². The van der Waals surface area contributed by atoms with Crippen LogP contribution in [0.4, 0.5) is 0 Å². The van der Waals surface area contributed by atoms with Crippen molar-refractivity contribution in [3.8, 4) is 0 Å². The summed E-state index contributed by atoms with van der Waals surface area (Å²) in [6.07, 6.45) is 2.46. The fourth-order valence-electron chi connectivity index (χ4n) is 1.74. The summed E-state index contributed by atoms with van der Waals surface area (Å²) >= 11 is 2.69. The number of thioether (sulfide) groups is 1. The molecule has 0 aliphatic rings. The van der Waals surface area contributed by atoms with E-state index in [1.54, 1.807) is 17.9 Å². The summed E-state index contributed by atoms with van der Waals surface area (Å²) in [6, 6.07) is 1.83. The standard InChI is InChI=1S/C13H17N5O2S2/c1-4-9-8(2)5-10(22-9)12(20)16-15-11(19)6-21-13-17-14-7-18(13)3/h5,7H,4,6H2,1-3H3,(H,15,19)(H,16,20). The van der Waals surface area contributed by atoms with Gasteiger partial charge in [0.15, 0.2) is 5.16 Å². The van der Waals surface area contributed by atoms with Crippen molar-refractivity contribution < 1.29 is 9.59 Å². The van der Waals surface area contributed by atoms with Gasteiger partial charge in [0.05, 0.1) is 10.6 Å². The molecule has 9 heteroatoms. The predicted molar refractivity (Wildman–Crippen MR) is 85.8 cm³/mol. The summed E-state index contributed by atoms with van der Waals surface area (Å²) in [7, 11) is 1.80. The molecule has 2 N–H and O–H groups in total. The van der Waals surface area contributed by atoms with Crippen LogP contribution in [-0.2, 0) is 18.3 Å². The minimum absolute atomic E-state index is 0.149. The zero-order chi connectivity index (χ0) is 16.1. The van der Waals surface area contributed by atoms with Crippen LogP contribution < -0.4 is 10.9 Å². The van der Waals surface area contributed by atoms with Crippen molar-refractivity contribution in [2.75, 3.05) is 5.75 Å². The lowest BCUT2D eigenvalue weighted by molar-refractivity contribution is -0.119. The van der Waals surface area contributed by atoms with Gasteiger partial charge in [-0.3, -0.25) is 20.4 Å². The summed E-state index contributed by atoms with van der Waals surface area (Å²) < 4.78 is 1.72. The van der Waals surface area contributed by atoms with Crippen LogP contribution in [0.25, 0.3) is 0 Å². The summed E-state index contributed by atoms with van der Waals surface area (Å²) in [5.41, 5.74) is 5.92. The monoisotopic (exact) mass is 339 g/mol. The predicted octanol–water partition coefficient (Wildman–Crippen LogP) is 1.30. The van der Waals surface area contributed by atoms with E-state index in [-0.39, 0.29) is 17.6 Å². The first-order valence-corrected chi connectivity index (χ1v) is 8.46. The lowest BCUT2D eigenvalue weighted by Gasteiger charge is -2.05. The normalized spacial score (nSPS) is 10.5. The molecular formula is C13H17N5O2S2. The van der Waals surface area contributed by atoms with Gasteiger partial charge in [-0.15, -0.1) is 21.5 Å². The highest BCUT2D eigenvalue weighted by molar-refractivity contribution is 7.99. The van der Waals surface area contributed by atoms with E-state index in [1.165, 1.54) is 28.0 Å². The van der Waals surface area contributed by atoms with Crippen LogP contribution in [-0.4, -0.2) is 32.3 Å². The van der Waals surface area contributed by atoms with Crippen LogP contribution >= 0.6 is 23.1 Å². The van der Waals surface area contributed by atoms with Gasteiger partial charge in [0, 0.05) is 11.9 Å². The molecule has 0 saturated carbocycles. The molecule has 2 aromatic rings. The molecule has 0 unspecified atom stereocenters. The molecule has 0 spiro atoms. The van der Waals surface area contributed by atoms with Crippen LogP contribution in [0, 0.1) is 6.92 Å². The number of nitrogens with one attached hydrogen (secondary N) is 2. The number of amides is 2. The lowest BCUT2D eigenvalue weighted by atomic mass is 10.2. The SMILES string of the molecule is CCc1sc(C(=O)NNC(=O)CSc2nncn2C)cc1C. The number of thiophene rings is 1. The van der Waals surface area contributed by atoms with E-state index in [0.29, 0.717) is 10.0 Å². The Hall–Kier alpha value is -1.87. The van der Waals surface area contributed by atoms with E-state index in [4.69, 9.17) is 0 Å². The summed E-state index contributed by atoms with van der Waals surface area (Å²) in [5.74, 6) is -0.452. The summed E-state index contributed by atoms with van der Waals surface area (Å²) in [5, 5.41) is 8.23. The third kappa shape index (κ3) is 4.08. The number of rotatable bonds is 5. The second kappa shape index (κ2) is 7.41. The molecule has 0 atom stereocenters. The minimum atomic E-state index is -0.301.